The van der Waals surface area contributed by atoms with Gasteiger partial charge in [0.25, 0.3) is 0 Å². The van der Waals surface area contributed by atoms with E-state index in [0.717, 1.165) is 15.5 Å². The highest BCUT2D eigenvalue weighted by molar-refractivity contribution is 14.1. The number of ether oxygens (including phenoxy) is 1. The van der Waals surface area contributed by atoms with E-state index in [2.05, 4.69) is 22.6 Å². The van der Waals surface area contributed by atoms with Crippen molar-refractivity contribution < 1.29 is 18.8 Å². The molecule has 0 aromatic heterocycles. The van der Waals surface area contributed by atoms with Gasteiger partial charge in [0.1, 0.15) is 0 Å². The van der Waals surface area contributed by atoms with Crippen molar-refractivity contribution >= 4 is 41.1 Å². The number of benzene rings is 1. The standard InChI is InChI=1S/C15H20BIO4/c1-14(2)15(3,4)21-16(20-14)12-7-6-10(13(18)19-5)8-11(12)9-17/h6-8H,9H2,1-5H3. The lowest BCUT2D eigenvalue weighted by molar-refractivity contribution is 0.00578. The first-order chi connectivity index (χ1) is 9.71. The van der Waals surface area contributed by atoms with E-state index >= 15 is 0 Å². The smallest absolute Gasteiger partial charge is 0.465 e. The first-order valence-electron chi connectivity index (χ1n) is 6.84. The molecule has 1 saturated heterocycles. The Labute approximate surface area is 139 Å². The maximum Gasteiger partial charge on any atom is 0.495 e. The minimum Gasteiger partial charge on any atom is -0.465 e. The molecule has 0 saturated carbocycles. The maximum atomic E-state index is 11.6. The first-order valence-corrected chi connectivity index (χ1v) is 8.37. The Kier molecular flexibility index (Phi) is 4.70. The summed E-state index contributed by atoms with van der Waals surface area (Å²) in [6.07, 6.45) is 0. The summed E-state index contributed by atoms with van der Waals surface area (Å²) in [5.74, 6) is -0.332. The summed E-state index contributed by atoms with van der Waals surface area (Å²) in [6, 6.07) is 5.49. The van der Waals surface area contributed by atoms with Crippen molar-refractivity contribution in [2.45, 2.75) is 43.3 Å². The average molecular weight is 402 g/mol. The molecule has 1 heterocycles. The Bertz CT molecular complexity index is 541. The van der Waals surface area contributed by atoms with Crippen LogP contribution in [0.3, 0.4) is 0 Å². The molecule has 1 aromatic carbocycles. The van der Waals surface area contributed by atoms with E-state index in [4.69, 9.17) is 14.0 Å². The number of rotatable bonds is 3. The van der Waals surface area contributed by atoms with E-state index in [-0.39, 0.29) is 17.2 Å². The minimum absolute atomic E-state index is 0.332. The highest BCUT2D eigenvalue weighted by atomic mass is 127. The highest BCUT2D eigenvalue weighted by Crippen LogP contribution is 2.36. The van der Waals surface area contributed by atoms with Gasteiger partial charge in [-0.25, -0.2) is 4.79 Å². The zero-order valence-corrected chi connectivity index (χ0v) is 15.2. The Morgan fingerprint density at radius 1 is 1.24 bits per heavy atom. The molecule has 2 rings (SSSR count). The van der Waals surface area contributed by atoms with Crippen LogP contribution >= 0.6 is 22.6 Å². The molecule has 0 amide bonds. The molecule has 21 heavy (non-hydrogen) atoms. The molecule has 0 bridgehead atoms. The van der Waals surface area contributed by atoms with Crippen LogP contribution in [0.2, 0.25) is 0 Å². The van der Waals surface area contributed by atoms with Gasteiger partial charge in [-0.3, -0.25) is 0 Å². The van der Waals surface area contributed by atoms with E-state index in [9.17, 15) is 4.79 Å². The lowest BCUT2D eigenvalue weighted by atomic mass is 9.76. The second-order valence-corrected chi connectivity index (χ2v) is 6.89. The van der Waals surface area contributed by atoms with Crippen LogP contribution in [0.4, 0.5) is 0 Å². The third kappa shape index (κ3) is 3.12. The minimum atomic E-state index is -0.411. The number of esters is 1. The molecular formula is C15H20BIO4. The highest BCUT2D eigenvalue weighted by Gasteiger charge is 2.52. The molecule has 6 heteroatoms. The van der Waals surface area contributed by atoms with E-state index in [1.807, 2.05) is 39.8 Å². The third-order valence-corrected chi connectivity index (χ3v) is 5.04. The monoisotopic (exact) mass is 402 g/mol. The molecule has 0 unspecified atom stereocenters. The Morgan fingerprint density at radius 3 is 2.29 bits per heavy atom. The van der Waals surface area contributed by atoms with Crippen molar-refractivity contribution in [2.24, 2.45) is 0 Å². The summed E-state index contributed by atoms with van der Waals surface area (Å²) >= 11 is 2.27. The Balaban J connectivity index is 2.35. The van der Waals surface area contributed by atoms with Gasteiger partial charge in [0.15, 0.2) is 0 Å². The van der Waals surface area contributed by atoms with Crippen molar-refractivity contribution in [3.8, 4) is 0 Å². The Hall–Kier alpha value is -0.595. The number of methoxy groups -OCH3 is 1. The van der Waals surface area contributed by atoms with Gasteiger partial charge >= 0.3 is 13.1 Å². The molecule has 0 spiro atoms. The summed E-state index contributed by atoms with van der Waals surface area (Å²) in [7, 11) is 0.972. The molecule has 114 valence electrons. The molecule has 1 aromatic rings. The summed E-state index contributed by atoms with van der Waals surface area (Å²) in [5, 5.41) is 0. The molecule has 0 atom stereocenters. The number of carbonyl (C=O) groups is 1. The van der Waals surface area contributed by atoms with E-state index < -0.39 is 7.12 Å². The fourth-order valence-electron chi connectivity index (χ4n) is 2.17. The van der Waals surface area contributed by atoms with E-state index in [1.165, 1.54) is 7.11 Å². The van der Waals surface area contributed by atoms with E-state index in [1.54, 1.807) is 6.07 Å². The fourth-order valence-corrected chi connectivity index (χ4v) is 2.83. The van der Waals surface area contributed by atoms with Crippen LogP contribution in [-0.2, 0) is 18.5 Å². The SMILES string of the molecule is COC(=O)c1ccc(B2OC(C)(C)C(C)(C)O2)c(CI)c1. The summed E-state index contributed by atoms with van der Waals surface area (Å²) < 4.78 is 17.7. The molecule has 1 aliphatic heterocycles. The van der Waals surface area contributed by atoms with Crippen molar-refractivity contribution in [1.29, 1.82) is 0 Å². The predicted molar refractivity (Wildman–Crippen MR) is 91.2 cm³/mol. The summed E-state index contributed by atoms with van der Waals surface area (Å²) in [6.45, 7) is 8.11. The average Bonchev–Trinajstić information content (AvgIpc) is 2.65. The van der Waals surface area contributed by atoms with Gasteiger partial charge in [-0.2, -0.15) is 0 Å². The van der Waals surface area contributed by atoms with Gasteiger partial charge < -0.3 is 14.0 Å². The number of halogens is 1. The van der Waals surface area contributed by atoms with Crippen LogP contribution in [0.5, 0.6) is 0 Å². The molecule has 0 N–H and O–H groups in total. The van der Waals surface area contributed by atoms with Gasteiger partial charge in [0, 0.05) is 4.43 Å². The van der Waals surface area contributed by atoms with Crippen LogP contribution in [0.1, 0.15) is 43.6 Å². The van der Waals surface area contributed by atoms with E-state index in [0.29, 0.717) is 5.56 Å². The summed E-state index contributed by atoms with van der Waals surface area (Å²) in [5.41, 5.74) is 1.79. The van der Waals surface area contributed by atoms with Crippen LogP contribution in [0.15, 0.2) is 18.2 Å². The van der Waals surface area contributed by atoms with Crippen molar-refractivity contribution in [3.05, 3.63) is 29.3 Å². The van der Waals surface area contributed by atoms with Gasteiger partial charge in [0.2, 0.25) is 0 Å². The lowest BCUT2D eigenvalue weighted by Crippen LogP contribution is -2.41. The number of hydrogen-bond donors (Lipinski definition) is 0. The van der Waals surface area contributed by atoms with Gasteiger partial charge in [-0.05, 0) is 50.9 Å². The molecule has 0 aliphatic carbocycles. The Morgan fingerprint density at radius 2 is 1.81 bits per heavy atom. The van der Waals surface area contributed by atoms with Crippen molar-refractivity contribution in [3.63, 3.8) is 0 Å². The number of carbonyl (C=O) groups excluding carboxylic acids is 1. The quantitative estimate of drug-likeness (QED) is 0.338. The van der Waals surface area contributed by atoms with Crippen LogP contribution < -0.4 is 5.46 Å². The second-order valence-electron chi connectivity index (χ2n) is 6.13. The van der Waals surface area contributed by atoms with Crippen molar-refractivity contribution in [2.75, 3.05) is 7.11 Å². The van der Waals surface area contributed by atoms with Crippen LogP contribution in [0, 0.1) is 0 Å². The lowest BCUT2D eigenvalue weighted by Gasteiger charge is -2.32. The zero-order chi connectivity index (χ0) is 15.8. The predicted octanol–water partition coefficient (Wildman–Crippen LogP) is 2.71. The fraction of sp³-hybridized carbons (Fsp3) is 0.533. The van der Waals surface area contributed by atoms with Gasteiger partial charge in [-0.15, -0.1) is 0 Å². The van der Waals surface area contributed by atoms with Crippen LogP contribution in [0.25, 0.3) is 0 Å². The molecule has 0 radical (unpaired) electrons. The first kappa shape index (κ1) is 16.8. The van der Waals surface area contributed by atoms with Crippen molar-refractivity contribution in [1.82, 2.24) is 0 Å². The third-order valence-electron chi connectivity index (χ3n) is 4.22. The van der Waals surface area contributed by atoms with Gasteiger partial charge in [-0.1, -0.05) is 28.7 Å². The van der Waals surface area contributed by atoms with Crippen LogP contribution in [-0.4, -0.2) is 31.4 Å². The number of alkyl halides is 1. The molecular weight excluding hydrogens is 382 g/mol. The molecule has 4 nitrogen and oxygen atoms in total. The normalized spacial score (nSPS) is 19.6. The summed E-state index contributed by atoms with van der Waals surface area (Å²) in [4.78, 5) is 11.6. The molecule has 1 aliphatic rings. The maximum absolute atomic E-state index is 11.6. The largest absolute Gasteiger partial charge is 0.495 e. The number of hydrogen-bond acceptors (Lipinski definition) is 4. The van der Waals surface area contributed by atoms with Gasteiger partial charge in [0.05, 0.1) is 23.9 Å². The second kappa shape index (κ2) is 5.89. The zero-order valence-electron chi connectivity index (χ0n) is 13.0. The topological polar surface area (TPSA) is 44.8 Å². The molecule has 1 fully saturated rings.